The molecule has 0 fully saturated rings. The Bertz CT molecular complexity index is 97.2. The van der Waals surface area contributed by atoms with Crippen molar-refractivity contribution in [1.29, 1.82) is 0 Å². The van der Waals surface area contributed by atoms with Crippen LogP contribution >= 0.6 is 0 Å². The molecule has 0 aliphatic heterocycles. The lowest BCUT2D eigenvalue weighted by Crippen LogP contribution is -2.00. The molecule has 0 aromatic rings. The van der Waals surface area contributed by atoms with E-state index < -0.39 is 0 Å². The fourth-order valence-electron chi connectivity index (χ4n) is 1.51. The minimum atomic E-state index is 0.601. The van der Waals surface area contributed by atoms with Crippen LogP contribution in [0.2, 0.25) is 0 Å². The van der Waals surface area contributed by atoms with Crippen LogP contribution in [0.3, 0.4) is 0 Å². The summed E-state index contributed by atoms with van der Waals surface area (Å²) >= 11 is 0. The van der Waals surface area contributed by atoms with Gasteiger partial charge in [0.25, 0.3) is 0 Å². The summed E-state index contributed by atoms with van der Waals surface area (Å²) < 4.78 is 0. The highest BCUT2D eigenvalue weighted by atomic mass is 14.3. The summed E-state index contributed by atoms with van der Waals surface area (Å²) in [6.07, 6.45) is 10.1. The average Bonchev–Trinajstić information content (AvgIpc) is 2.51. The van der Waals surface area contributed by atoms with Crippen molar-refractivity contribution < 1.29 is 0 Å². The minimum absolute atomic E-state index is 0.601. The summed E-state index contributed by atoms with van der Waals surface area (Å²) in [5.74, 6) is 0. The number of rotatable bonds is 4. The summed E-state index contributed by atoms with van der Waals surface area (Å²) in [6, 6.07) is 0. The van der Waals surface area contributed by atoms with Crippen LogP contribution in [0.25, 0.3) is 0 Å². The molecule has 0 saturated heterocycles. The van der Waals surface area contributed by atoms with Gasteiger partial charge in [-0.05, 0) is 12.8 Å². The van der Waals surface area contributed by atoms with E-state index in [1.807, 2.05) is 0 Å². The predicted octanol–water partition coefficient (Wildman–Crippen LogP) is 3.14. The Balaban J connectivity index is 2.18. The molecule has 52 valence electrons. The third-order valence-corrected chi connectivity index (χ3v) is 2.07. The van der Waals surface area contributed by atoms with Crippen molar-refractivity contribution in [3.05, 3.63) is 12.2 Å². The number of allylic oxidation sites excluding steroid dienone is 2. The van der Waals surface area contributed by atoms with E-state index in [4.69, 9.17) is 0 Å². The third kappa shape index (κ3) is 1.57. The van der Waals surface area contributed by atoms with Gasteiger partial charge in [0.15, 0.2) is 0 Å². The molecular weight excluding hydrogens is 108 g/mol. The molecule has 1 rings (SSSR count). The topological polar surface area (TPSA) is 0 Å². The van der Waals surface area contributed by atoms with Gasteiger partial charge in [0.05, 0.1) is 0 Å². The summed E-state index contributed by atoms with van der Waals surface area (Å²) in [6.45, 7) is 4.52. The Morgan fingerprint density at radius 3 is 1.67 bits per heavy atom. The summed E-state index contributed by atoms with van der Waals surface area (Å²) in [4.78, 5) is 0. The predicted molar refractivity (Wildman–Crippen MR) is 41.4 cm³/mol. The maximum absolute atomic E-state index is 2.36. The highest BCUT2D eigenvalue weighted by Crippen LogP contribution is 2.43. The maximum Gasteiger partial charge on any atom is 0.00613 e. The van der Waals surface area contributed by atoms with E-state index in [0.29, 0.717) is 5.41 Å². The molecule has 0 aromatic carbocycles. The largest absolute Gasteiger partial charge is 0.0777 e. The first-order valence-corrected chi connectivity index (χ1v) is 4.03. The highest BCUT2D eigenvalue weighted by molar-refractivity contribution is 5.25. The normalized spacial score (nSPS) is 20.2. The van der Waals surface area contributed by atoms with Gasteiger partial charge in [-0.1, -0.05) is 38.8 Å². The molecule has 1 aliphatic rings. The van der Waals surface area contributed by atoms with E-state index in [0.717, 1.165) is 0 Å². The van der Waals surface area contributed by atoms with E-state index in [2.05, 4.69) is 26.0 Å². The molecule has 0 nitrogen and oxygen atoms in total. The first kappa shape index (κ1) is 6.85. The van der Waals surface area contributed by atoms with Gasteiger partial charge in [-0.25, -0.2) is 0 Å². The van der Waals surface area contributed by atoms with Crippen LogP contribution in [0, 0.1) is 5.41 Å². The molecule has 0 saturated carbocycles. The zero-order chi connectivity index (χ0) is 6.74. The molecular formula is C9H16. The molecule has 0 heterocycles. The van der Waals surface area contributed by atoms with Gasteiger partial charge in [0, 0.05) is 5.41 Å². The Morgan fingerprint density at radius 2 is 1.44 bits per heavy atom. The van der Waals surface area contributed by atoms with Crippen molar-refractivity contribution in [2.24, 2.45) is 5.41 Å². The third-order valence-electron chi connectivity index (χ3n) is 2.07. The van der Waals surface area contributed by atoms with Crippen LogP contribution in [0.4, 0.5) is 0 Å². The van der Waals surface area contributed by atoms with Crippen molar-refractivity contribution in [2.45, 2.75) is 39.5 Å². The van der Waals surface area contributed by atoms with Gasteiger partial charge >= 0.3 is 0 Å². The highest BCUT2D eigenvalue weighted by Gasteiger charge is 2.30. The second-order valence-electron chi connectivity index (χ2n) is 3.07. The molecule has 0 radical (unpaired) electrons. The summed E-state index contributed by atoms with van der Waals surface area (Å²) in [5, 5.41) is 0. The van der Waals surface area contributed by atoms with Gasteiger partial charge < -0.3 is 0 Å². The van der Waals surface area contributed by atoms with Crippen LogP contribution in [-0.2, 0) is 0 Å². The fraction of sp³-hybridized carbons (Fsp3) is 0.778. The van der Waals surface area contributed by atoms with Crippen LogP contribution in [-0.4, -0.2) is 0 Å². The molecule has 0 heteroatoms. The van der Waals surface area contributed by atoms with Gasteiger partial charge in [-0.3, -0.25) is 0 Å². The van der Waals surface area contributed by atoms with Crippen molar-refractivity contribution in [1.82, 2.24) is 0 Å². The van der Waals surface area contributed by atoms with E-state index in [-0.39, 0.29) is 0 Å². The number of hydrogen-bond acceptors (Lipinski definition) is 0. The van der Waals surface area contributed by atoms with Crippen LogP contribution in [0.5, 0.6) is 0 Å². The Kier molecular flexibility index (Phi) is 1.94. The first-order chi connectivity index (χ1) is 4.33. The summed E-state index contributed by atoms with van der Waals surface area (Å²) in [7, 11) is 0. The fourth-order valence-corrected chi connectivity index (χ4v) is 1.51. The second-order valence-corrected chi connectivity index (χ2v) is 3.07. The second kappa shape index (κ2) is 2.55. The quantitative estimate of drug-likeness (QED) is 0.505. The smallest absolute Gasteiger partial charge is 0.00613 e. The lowest BCUT2D eigenvalue weighted by Gasteiger charge is -2.11. The zero-order valence-electron chi connectivity index (χ0n) is 6.48. The zero-order valence-corrected chi connectivity index (χ0v) is 6.48. The monoisotopic (exact) mass is 124 g/mol. The van der Waals surface area contributed by atoms with E-state index in [9.17, 15) is 0 Å². The van der Waals surface area contributed by atoms with Gasteiger partial charge in [0.1, 0.15) is 0 Å². The molecule has 9 heavy (non-hydrogen) atoms. The first-order valence-electron chi connectivity index (χ1n) is 4.03. The molecule has 0 spiro atoms. The van der Waals surface area contributed by atoms with Gasteiger partial charge in [-0.2, -0.15) is 0 Å². The summed E-state index contributed by atoms with van der Waals surface area (Å²) in [5.41, 5.74) is 0.601. The molecule has 0 amide bonds. The van der Waals surface area contributed by atoms with E-state index >= 15 is 0 Å². The molecule has 0 atom stereocenters. The Hall–Kier alpha value is -0.260. The minimum Gasteiger partial charge on any atom is -0.0777 e. The van der Waals surface area contributed by atoms with Crippen molar-refractivity contribution in [2.75, 3.05) is 0 Å². The maximum atomic E-state index is 2.36. The van der Waals surface area contributed by atoms with Crippen LogP contribution in [0.1, 0.15) is 39.5 Å². The molecule has 0 N–H and O–H groups in total. The van der Waals surface area contributed by atoms with Gasteiger partial charge in [0.2, 0.25) is 0 Å². The lowest BCUT2D eigenvalue weighted by atomic mass is 9.93. The lowest BCUT2D eigenvalue weighted by molar-refractivity contribution is 0.466. The standard InChI is InChI=1S/C9H16/c1-3-5-9(6-4-2)7-8-9/h7-8H,3-6H2,1-2H3. The van der Waals surface area contributed by atoms with Crippen molar-refractivity contribution >= 4 is 0 Å². The average molecular weight is 124 g/mol. The Labute approximate surface area is 58.0 Å². The van der Waals surface area contributed by atoms with E-state index in [1.165, 1.54) is 25.7 Å². The molecule has 0 bridgehead atoms. The van der Waals surface area contributed by atoms with Crippen LogP contribution in [0.15, 0.2) is 12.2 Å². The van der Waals surface area contributed by atoms with Crippen molar-refractivity contribution in [3.8, 4) is 0 Å². The van der Waals surface area contributed by atoms with E-state index in [1.54, 1.807) is 0 Å². The number of hydrogen-bond donors (Lipinski definition) is 0. The molecule has 0 aromatic heterocycles. The Morgan fingerprint density at radius 1 is 1.00 bits per heavy atom. The molecule has 1 aliphatic carbocycles. The van der Waals surface area contributed by atoms with Crippen LogP contribution < -0.4 is 0 Å². The molecule has 0 unspecified atom stereocenters. The van der Waals surface area contributed by atoms with Crippen molar-refractivity contribution in [3.63, 3.8) is 0 Å². The van der Waals surface area contributed by atoms with Gasteiger partial charge in [-0.15, -0.1) is 0 Å². The SMILES string of the molecule is CCCC1(CCC)C=C1.